The molecule has 0 aliphatic heterocycles. The molecule has 0 fully saturated rings. The van der Waals surface area contributed by atoms with Gasteiger partial charge in [-0.15, -0.1) is 12.4 Å². The highest BCUT2D eigenvalue weighted by atomic mass is 35.5. The lowest BCUT2D eigenvalue weighted by Gasteiger charge is -2.17. The Labute approximate surface area is 140 Å². The maximum atomic E-state index is 12.1. The van der Waals surface area contributed by atoms with E-state index in [0.717, 1.165) is 37.1 Å². The molecule has 1 aromatic carbocycles. The molecule has 1 aromatic rings. The molecule has 0 saturated heterocycles. The number of carbonyl (C=O) groups excluding carboxylic acids is 1. The Balaban J connectivity index is 0.00000441. The van der Waals surface area contributed by atoms with E-state index in [1.807, 2.05) is 12.1 Å². The second-order valence-electron chi connectivity index (χ2n) is 5.03. The van der Waals surface area contributed by atoms with Crippen molar-refractivity contribution >= 4 is 24.1 Å². The zero-order valence-electron chi connectivity index (χ0n) is 13.9. The molecule has 0 aliphatic rings. The summed E-state index contributed by atoms with van der Waals surface area (Å²) in [5, 5.41) is 3.48. The number of anilines is 1. The van der Waals surface area contributed by atoms with Gasteiger partial charge in [0.1, 0.15) is 6.61 Å². The zero-order valence-corrected chi connectivity index (χ0v) is 14.7. The van der Waals surface area contributed by atoms with E-state index in [-0.39, 0.29) is 25.0 Å². The molecule has 22 heavy (non-hydrogen) atoms. The van der Waals surface area contributed by atoms with Gasteiger partial charge in [-0.05, 0) is 42.5 Å². The number of nitrogens with two attached hydrogens (primary N) is 1. The summed E-state index contributed by atoms with van der Waals surface area (Å²) in [6, 6.07) is 3.86. The summed E-state index contributed by atoms with van der Waals surface area (Å²) < 4.78 is 5.17. The van der Waals surface area contributed by atoms with Gasteiger partial charge in [0.25, 0.3) is 0 Å². The van der Waals surface area contributed by atoms with Crippen molar-refractivity contribution in [3.8, 4) is 0 Å². The predicted molar refractivity (Wildman–Crippen MR) is 95.2 cm³/mol. The van der Waals surface area contributed by atoms with Gasteiger partial charge >= 0.3 is 5.97 Å². The summed E-state index contributed by atoms with van der Waals surface area (Å²) in [5.41, 5.74) is 9.50. The van der Waals surface area contributed by atoms with Crippen molar-refractivity contribution in [1.29, 1.82) is 0 Å². The molecule has 0 atom stereocenters. The van der Waals surface area contributed by atoms with Gasteiger partial charge in [0.05, 0.1) is 5.56 Å². The van der Waals surface area contributed by atoms with Gasteiger partial charge in [-0.1, -0.05) is 27.2 Å². The van der Waals surface area contributed by atoms with Crippen LogP contribution >= 0.6 is 12.4 Å². The fraction of sp³-hybridized carbons (Fsp3) is 0.588. The fourth-order valence-corrected chi connectivity index (χ4v) is 2.49. The van der Waals surface area contributed by atoms with Crippen molar-refractivity contribution in [3.05, 3.63) is 28.8 Å². The van der Waals surface area contributed by atoms with Crippen LogP contribution in [-0.2, 0) is 17.6 Å². The van der Waals surface area contributed by atoms with Gasteiger partial charge in [-0.2, -0.15) is 0 Å². The summed E-state index contributed by atoms with van der Waals surface area (Å²) in [6.45, 7) is 7.95. The van der Waals surface area contributed by atoms with Crippen molar-refractivity contribution in [1.82, 2.24) is 0 Å². The third kappa shape index (κ3) is 5.50. The molecule has 0 saturated carbocycles. The van der Waals surface area contributed by atoms with Crippen molar-refractivity contribution < 1.29 is 9.53 Å². The van der Waals surface area contributed by atoms with Gasteiger partial charge in [0.2, 0.25) is 0 Å². The average molecular weight is 329 g/mol. The summed E-state index contributed by atoms with van der Waals surface area (Å²) in [6.07, 6.45) is 4.03. The number of benzene rings is 1. The van der Waals surface area contributed by atoms with Crippen molar-refractivity contribution in [2.45, 2.75) is 46.5 Å². The summed E-state index contributed by atoms with van der Waals surface area (Å²) in [7, 11) is 0. The molecule has 0 radical (unpaired) electrons. The number of nitrogens with one attached hydrogen (secondary N) is 1. The van der Waals surface area contributed by atoms with Crippen LogP contribution in [0, 0.1) is 0 Å². The largest absolute Gasteiger partial charge is 0.461 e. The molecule has 0 unspecified atom stereocenters. The van der Waals surface area contributed by atoms with Crippen LogP contribution in [0.4, 0.5) is 5.69 Å². The maximum absolute atomic E-state index is 12.1. The van der Waals surface area contributed by atoms with Crippen LogP contribution < -0.4 is 11.1 Å². The molecule has 0 amide bonds. The van der Waals surface area contributed by atoms with Crippen LogP contribution in [0.2, 0.25) is 0 Å². The second-order valence-corrected chi connectivity index (χ2v) is 5.03. The van der Waals surface area contributed by atoms with Crippen LogP contribution in [0.5, 0.6) is 0 Å². The SMILES string of the molecule is CCCCNc1ccc(C(=O)OCCN)c(CC)c1CC.Cl. The van der Waals surface area contributed by atoms with E-state index in [1.54, 1.807) is 0 Å². The minimum atomic E-state index is -0.271. The molecular formula is C17H29ClN2O2. The number of rotatable bonds is 9. The lowest BCUT2D eigenvalue weighted by atomic mass is 9.95. The Kier molecular flexibility index (Phi) is 10.7. The third-order valence-corrected chi connectivity index (χ3v) is 3.55. The standard InChI is InChI=1S/C17H28N2O2.ClH/c1-4-7-11-19-16-9-8-15(17(20)21-12-10-18)13(5-2)14(16)6-3;/h8-9,19H,4-7,10-12,18H2,1-3H3;1H. The van der Waals surface area contributed by atoms with E-state index >= 15 is 0 Å². The monoisotopic (exact) mass is 328 g/mol. The summed E-state index contributed by atoms with van der Waals surface area (Å²) >= 11 is 0. The Morgan fingerprint density at radius 3 is 2.41 bits per heavy atom. The quantitative estimate of drug-likeness (QED) is 0.537. The first-order chi connectivity index (χ1) is 10.2. The molecule has 1 rings (SSSR count). The normalized spacial score (nSPS) is 10.0. The van der Waals surface area contributed by atoms with Crippen molar-refractivity contribution in [2.75, 3.05) is 25.0 Å². The molecule has 3 N–H and O–H groups in total. The Bertz CT molecular complexity index is 464. The molecule has 0 heterocycles. The van der Waals surface area contributed by atoms with Gasteiger partial charge in [-0.25, -0.2) is 4.79 Å². The minimum Gasteiger partial charge on any atom is -0.461 e. The number of carbonyl (C=O) groups is 1. The van der Waals surface area contributed by atoms with Crippen molar-refractivity contribution in [2.24, 2.45) is 5.73 Å². The van der Waals surface area contributed by atoms with E-state index in [2.05, 4.69) is 26.1 Å². The lowest BCUT2D eigenvalue weighted by molar-refractivity contribution is 0.0515. The molecule has 126 valence electrons. The number of hydrogen-bond donors (Lipinski definition) is 2. The molecule has 0 spiro atoms. The number of unbranched alkanes of at least 4 members (excludes halogenated alkanes) is 1. The smallest absolute Gasteiger partial charge is 0.338 e. The van der Waals surface area contributed by atoms with Crippen LogP contribution in [-0.4, -0.2) is 25.7 Å². The van der Waals surface area contributed by atoms with Gasteiger partial charge in [0, 0.05) is 18.8 Å². The first-order valence-electron chi connectivity index (χ1n) is 7.95. The predicted octanol–water partition coefficient (Wildman–Crippen LogP) is 3.56. The second kappa shape index (κ2) is 11.3. The highest BCUT2D eigenvalue weighted by molar-refractivity contribution is 5.92. The van der Waals surface area contributed by atoms with Crippen LogP contribution in [0.1, 0.15) is 55.1 Å². The molecule has 5 heteroatoms. The number of ether oxygens (including phenoxy) is 1. The number of halogens is 1. The average Bonchev–Trinajstić information content (AvgIpc) is 2.51. The lowest BCUT2D eigenvalue weighted by Crippen LogP contribution is -2.16. The van der Waals surface area contributed by atoms with E-state index in [9.17, 15) is 4.79 Å². The summed E-state index contributed by atoms with van der Waals surface area (Å²) in [4.78, 5) is 12.1. The molecule has 0 aromatic heterocycles. The maximum Gasteiger partial charge on any atom is 0.338 e. The summed E-state index contributed by atoms with van der Waals surface area (Å²) in [5.74, 6) is -0.271. The molecule has 0 aliphatic carbocycles. The highest BCUT2D eigenvalue weighted by Crippen LogP contribution is 2.26. The fourth-order valence-electron chi connectivity index (χ4n) is 2.49. The first-order valence-corrected chi connectivity index (χ1v) is 7.95. The van der Waals surface area contributed by atoms with Gasteiger partial charge in [0.15, 0.2) is 0 Å². The topological polar surface area (TPSA) is 64.3 Å². The van der Waals surface area contributed by atoms with Crippen LogP contribution in [0.25, 0.3) is 0 Å². The van der Waals surface area contributed by atoms with E-state index in [4.69, 9.17) is 10.5 Å². The Morgan fingerprint density at radius 2 is 1.86 bits per heavy atom. The van der Waals surface area contributed by atoms with E-state index in [0.29, 0.717) is 12.1 Å². The van der Waals surface area contributed by atoms with Gasteiger partial charge < -0.3 is 15.8 Å². The van der Waals surface area contributed by atoms with Crippen LogP contribution in [0.15, 0.2) is 12.1 Å². The Hall–Kier alpha value is -1.26. The van der Waals surface area contributed by atoms with Gasteiger partial charge in [-0.3, -0.25) is 0 Å². The number of esters is 1. The van der Waals surface area contributed by atoms with E-state index < -0.39 is 0 Å². The molecule has 0 bridgehead atoms. The minimum absolute atomic E-state index is 0. The third-order valence-electron chi connectivity index (χ3n) is 3.55. The molecule has 4 nitrogen and oxygen atoms in total. The zero-order chi connectivity index (χ0) is 15.7. The highest BCUT2D eigenvalue weighted by Gasteiger charge is 2.17. The Morgan fingerprint density at radius 1 is 1.18 bits per heavy atom. The number of hydrogen-bond acceptors (Lipinski definition) is 4. The van der Waals surface area contributed by atoms with Crippen molar-refractivity contribution in [3.63, 3.8) is 0 Å². The van der Waals surface area contributed by atoms with Crippen LogP contribution in [0.3, 0.4) is 0 Å². The molecular weight excluding hydrogens is 300 g/mol. The first kappa shape index (κ1) is 20.7. The van der Waals surface area contributed by atoms with E-state index in [1.165, 1.54) is 12.0 Å².